The molecule has 7 nitrogen and oxygen atoms in total. The van der Waals surface area contributed by atoms with Gasteiger partial charge in [-0.25, -0.2) is 9.69 Å². The Morgan fingerprint density at radius 2 is 1.52 bits per heavy atom. The third-order valence-corrected chi connectivity index (χ3v) is 5.39. The third kappa shape index (κ3) is 4.44. The molecule has 0 aliphatic carbocycles. The van der Waals surface area contributed by atoms with Crippen molar-refractivity contribution in [3.05, 3.63) is 94.7 Å². The highest BCUT2D eigenvalue weighted by Crippen LogP contribution is 2.31. The highest BCUT2D eigenvalue weighted by atomic mass is 35.5. The van der Waals surface area contributed by atoms with Crippen LogP contribution in [0.15, 0.2) is 83.5 Å². The van der Waals surface area contributed by atoms with Crippen molar-refractivity contribution in [1.82, 2.24) is 0 Å². The number of ether oxygens (including phenoxy) is 2. The number of imide groups is 1. The Morgan fingerprint density at radius 1 is 0.879 bits per heavy atom. The van der Waals surface area contributed by atoms with Gasteiger partial charge in [0.05, 0.1) is 18.4 Å². The predicted octanol–water partition coefficient (Wildman–Crippen LogP) is 4.66. The highest BCUT2D eigenvalue weighted by Gasteiger charge is 2.39. The summed E-state index contributed by atoms with van der Waals surface area (Å²) in [4.78, 5) is 39.0. The molecule has 3 aromatic carbocycles. The number of rotatable bonds is 6. The maximum absolute atomic E-state index is 12.9. The van der Waals surface area contributed by atoms with E-state index in [4.69, 9.17) is 21.1 Å². The van der Waals surface area contributed by atoms with E-state index < -0.39 is 17.8 Å². The SMILES string of the molecule is COc1ccc(OC(=O)c2ccc(NC3=C(Cl)C(=O)N(c4ccccc4C)C3=O)cc2)cc1. The maximum Gasteiger partial charge on any atom is 0.343 e. The Hall–Kier alpha value is -4.10. The second-order valence-corrected chi connectivity index (χ2v) is 7.57. The quantitative estimate of drug-likeness (QED) is 0.326. The molecule has 2 amide bonds. The Balaban J connectivity index is 1.47. The van der Waals surface area contributed by atoms with E-state index in [2.05, 4.69) is 5.32 Å². The van der Waals surface area contributed by atoms with E-state index >= 15 is 0 Å². The fraction of sp³-hybridized carbons (Fsp3) is 0.0800. The first-order valence-electron chi connectivity index (χ1n) is 9.96. The monoisotopic (exact) mass is 462 g/mol. The first-order chi connectivity index (χ1) is 15.9. The van der Waals surface area contributed by atoms with Crippen molar-refractivity contribution in [3.63, 3.8) is 0 Å². The zero-order valence-electron chi connectivity index (χ0n) is 17.8. The minimum Gasteiger partial charge on any atom is -0.497 e. The van der Waals surface area contributed by atoms with Crippen LogP contribution in [0, 0.1) is 6.92 Å². The maximum atomic E-state index is 12.9. The summed E-state index contributed by atoms with van der Waals surface area (Å²) in [5.74, 6) is -0.660. The number of aryl methyl sites for hydroxylation is 1. The summed E-state index contributed by atoms with van der Waals surface area (Å²) in [6, 6.07) is 20.0. The molecule has 3 aromatic rings. The summed E-state index contributed by atoms with van der Waals surface area (Å²) < 4.78 is 10.4. The molecule has 0 spiro atoms. The van der Waals surface area contributed by atoms with E-state index in [1.807, 2.05) is 6.07 Å². The lowest BCUT2D eigenvalue weighted by atomic mass is 10.2. The first kappa shape index (κ1) is 22.1. The van der Waals surface area contributed by atoms with E-state index in [-0.39, 0.29) is 10.7 Å². The molecule has 0 bridgehead atoms. The predicted molar refractivity (Wildman–Crippen MR) is 125 cm³/mol. The molecule has 0 saturated heterocycles. The molecule has 1 aliphatic rings. The molecule has 0 unspecified atom stereocenters. The number of hydrogen-bond donors (Lipinski definition) is 1. The van der Waals surface area contributed by atoms with Crippen LogP contribution < -0.4 is 19.7 Å². The minimum atomic E-state index is -0.599. The van der Waals surface area contributed by atoms with Crippen molar-refractivity contribution in [2.45, 2.75) is 6.92 Å². The molecule has 0 saturated carbocycles. The lowest BCUT2D eigenvalue weighted by Crippen LogP contribution is -2.32. The van der Waals surface area contributed by atoms with E-state index in [1.54, 1.807) is 80.8 Å². The van der Waals surface area contributed by atoms with Crippen LogP contribution >= 0.6 is 11.6 Å². The molecule has 0 aromatic heterocycles. The molecule has 1 aliphatic heterocycles. The second-order valence-electron chi connectivity index (χ2n) is 7.19. The minimum absolute atomic E-state index is 0.0292. The van der Waals surface area contributed by atoms with Gasteiger partial charge in [-0.3, -0.25) is 9.59 Å². The van der Waals surface area contributed by atoms with Crippen molar-refractivity contribution in [2.24, 2.45) is 0 Å². The van der Waals surface area contributed by atoms with E-state index in [0.717, 1.165) is 10.5 Å². The molecule has 0 radical (unpaired) electrons. The molecular weight excluding hydrogens is 444 g/mol. The van der Waals surface area contributed by atoms with Crippen LogP contribution in [0.25, 0.3) is 0 Å². The number of esters is 1. The van der Waals surface area contributed by atoms with Crippen LogP contribution in [0.2, 0.25) is 0 Å². The van der Waals surface area contributed by atoms with Crippen LogP contribution in [-0.2, 0) is 9.59 Å². The summed E-state index contributed by atoms with van der Waals surface area (Å²) in [6.07, 6.45) is 0. The van der Waals surface area contributed by atoms with Crippen molar-refractivity contribution in [2.75, 3.05) is 17.3 Å². The van der Waals surface area contributed by atoms with Gasteiger partial charge in [0.2, 0.25) is 0 Å². The van der Waals surface area contributed by atoms with Gasteiger partial charge in [-0.2, -0.15) is 0 Å². The summed E-state index contributed by atoms with van der Waals surface area (Å²) in [6.45, 7) is 1.80. The van der Waals surface area contributed by atoms with Crippen molar-refractivity contribution < 1.29 is 23.9 Å². The van der Waals surface area contributed by atoms with Crippen LogP contribution in [0.5, 0.6) is 11.5 Å². The topological polar surface area (TPSA) is 84.9 Å². The zero-order valence-corrected chi connectivity index (χ0v) is 18.6. The second kappa shape index (κ2) is 9.18. The van der Waals surface area contributed by atoms with E-state index in [1.165, 1.54) is 0 Å². The number of benzene rings is 3. The lowest BCUT2D eigenvalue weighted by molar-refractivity contribution is -0.120. The Labute approximate surface area is 195 Å². The van der Waals surface area contributed by atoms with Gasteiger partial charge in [-0.15, -0.1) is 0 Å². The lowest BCUT2D eigenvalue weighted by Gasteiger charge is -2.17. The smallest absolute Gasteiger partial charge is 0.343 e. The number of carbonyl (C=O) groups is 3. The molecular formula is C25H19ClN2O5. The number of halogens is 1. The Bertz CT molecular complexity index is 1270. The number of para-hydroxylation sites is 1. The van der Waals surface area contributed by atoms with Crippen LogP contribution in [0.4, 0.5) is 11.4 Å². The van der Waals surface area contributed by atoms with E-state index in [0.29, 0.717) is 28.4 Å². The summed E-state index contributed by atoms with van der Waals surface area (Å²) in [5, 5.41) is 2.69. The van der Waals surface area contributed by atoms with Gasteiger partial charge in [-0.05, 0) is 67.1 Å². The molecule has 0 atom stereocenters. The number of methoxy groups -OCH3 is 1. The van der Waals surface area contributed by atoms with Crippen LogP contribution in [-0.4, -0.2) is 24.9 Å². The number of nitrogens with zero attached hydrogens (tertiary/aromatic N) is 1. The molecule has 33 heavy (non-hydrogen) atoms. The summed E-state index contributed by atoms with van der Waals surface area (Å²) in [5.41, 5.74) is 2.01. The molecule has 0 fully saturated rings. The van der Waals surface area contributed by atoms with Gasteiger partial charge < -0.3 is 14.8 Å². The summed E-state index contributed by atoms with van der Waals surface area (Å²) >= 11 is 6.19. The van der Waals surface area contributed by atoms with Crippen molar-refractivity contribution in [1.29, 1.82) is 0 Å². The third-order valence-electron chi connectivity index (χ3n) is 5.04. The van der Waals surface area contributed by atoms with Crippen molar-refractivity contribution >= 4 is 40.8 Å². The standard InChI is InChI=1S/C25H19ClN2O5/c1-15-5-3-4-6-20(15)28-23(29)21(26)22(24(28)30)27-17-9-7-16(8-10-17)25(31)33-19-13-11-18(32-2)12-14-19/h3-14,27H,1-2H3. The molecule has 1 N–H and O–H groups in total. The number of hydrogen-bond acceptors (Lipinski definition) is 6. The van der Waals surface area contributed by atoms with Gasteiger partial charge in [0.15, 0.2) is 0 Å². The number of amides is 2. The Morgan fingerprint density at radius 3 is 2.15 bits per heavy atom. The number of carbonyl (C=O) groups excluding carboxylic acids is 3. The highest BCUT2D eigenvalue weighted by molar-refractivity contribution is 6.53. The van der Waals surface area contributed by atoms with Gasteiger partial charge >= 0.3 is 5.97 Å². The average molecular weight is 463 g/mol. The van der Waals surface area contributed by atoms with Gasteiger partial charge in [0, 0.05) is 5.69 Å². The molecule has 4 rings (SSSR count). The number of nitrogens with one attached hydrogen (secondary N) is 1. The van der Waals surface area contributed by atoms with Gasteiger partial charge in [0.25, 0.3) is 11.8 Å². The average Bonchev–Trinajstić information content (AvgIpc) is 3.03. The van der Waals surface area contributed by atoms with Crippen LogP contribution in [0.1, 0.15) is 15.9 Å². The molecule has 166 valence electrons. The van der Waals surface area contributed by atoms with Gasteiger partial charge in [-0.1, -0.05) is 29.8 Å². The van der Waals surface area contributed by atoms with Crippen LogP contribution in [0.3, 0.4) is 0 Å². The zero-order chi connectivity index (χ0) is 23.5. The summed E-state index contributed by atoms with van der Waals surface area (Å²) in [7, 11) is 1.55. The van der Waals surface area contributed by atoms with Gasteiger partial charge in [0.1, 0.15) is 22.2 Å². The fourth-order valence-corrected chi connectivity index (χ4v) is 3.50. The number of anilines is 2. The molecule has 8 heteroatoms. The largest absolute Gasteiger partial charge is 0.497 e. The fourth-order valence-electron chi connectivity index (χ4n) is 3.29. The van der Waals surface area contributed by atoms with E-state index in [9.17, 15) is 14.4 Å². The Kier molecular flexibility index (Phi) is 6.15. The molecule has 1 heterocycles. The first-order valence-corrected chi connectivity index (χ1v) is 10.3. The normalized spacial score (nSPS) is 13.4. The van der Waals surface area contributed by atoms with Crippen molar-refractivity contribution in [3.8, 4) is 11.5 Å².